The first-order valence-electron chi connectivity index (χ1n) is 4.96. The number of carboxylic acid groups (broad SMARTS) is 1. The number of hydrogen-bond donors (Lipinski definition) is 1. The molecule has 1 N–H and O–H groups in total. The Hall–Kier alpha value is -1.32. The molecule has 1 atom stereocenters. The first-order chi connectivity index (χ1) is 7.97. The van der Waals surface area contributed by atoms with Gasteiger partial charge in [0.25, 0.3) is 0 Å². The van der Waals surface area contributed by atoms with E-state index in [9.17, 15) is 4.79 Å². The van der Waals surface area contributed by atoms with Crippen LogP contribution in [0.5, 0.6) is 0 Å². The maximum Gasteiger partial charge on any atom is 0.303 e. The van der Waals surface area contributed by atoms with Gasteiger partial charge < -0.3 is 9.67 Å². The summed E-state index contributed by atoms with van der Waals surface area (Å²) < 4.78 is 1.47. The molecule has 6 heteroatoms. The number of carbonyl (C=O) groups is 1. The van der Waals surface area contributed by atoms with Crippen molar-refractivity contribution in [3.05, 3.63) is 24.5 Å². The highest BCUT2D eigenvalue weighted by Crippen LogP contribution is 2.31. The molecule has 4 nitrogen and oxygen atoms in total. The van der Waals surface area contributed by atoms with E-state index in [-0.39, 0.29) is 12.8 Å². The molecule has 0 fully saturated rings. The van der Waals surface area contributed by atoms with Crippen molar-refractivity contribution >= 4 is 34.3 Å². The summed E-state index contributed by atoms with van der Waals surface area (Å²) in [6.45, 7) is 1.70. The van der Waals surface area contributed by atoms with E-state index in [0.29, 0.717) is 4.32 Å². The van der Waals surface area contributed by atoms with Crippen LogP contribution in [0, 0.1) is 11.3 Å². The van der Waals surface area contributed by atoms with E-state index in [4.69, 9.17) is 22.6 Å². The number of aromatic nitrogens is 1. The van der Waals surface area contributed by atoms with Gasteiger partial charge in [-0.2, -0.15) is 5.26 Å². The number of aliphatic carboxylic acids is 1. The van der Waals surface area contributed by atoms with Crippen LogP contribution < -0.4 is 0 Å². The predicted octanol–water partition coefficient (Wildman–Crippen LogP) is 2.50. The summed E-state index contributed by atoms with van der Waals surface area (Å²) >= 11 is 6.41. The molecule has 0 saturated heterocycles. The Morgan fingerprint density at radius 3 is 2.65 bits per heavy atom. The lowest BCUT2D eigenvalue weighted by Crippen LogP contribution is -2.22. The molecule has 0 spiro atoms. The highest BCUT2D eigenvalue weighted by Gasteiger charge is 2.27. The summed E-state index contributed by atoms with van der Waals surface area (Å²) in [5.74, 6) is -0.904. The third kappa shape index (κ3) is 4.21. The molecule has 0 aliphatic heterocycles. The Morgan fingerprint density at radius 1 is 1.59 bits per heavy atom. The molecule has 1 aromatic rings. The van der Waals surface area contributed by atoms with Crippen molar-refractivity contribution in [1.82, 2.24) is 4.57 Å². The van der Waals surface area contributed by atoms with E-state index in [0.717, 1.165) is 0 Å². The second kappa shape index (κ2) is 5.84. The topological polar surface area (TPSA) is 66.0 Å². The van der Waals surface area contributed by atoms with Crippen LogP contribution in [0.3, 0.4) is 0 Å². The molecule has 0 amide bonds. The van der Waals surface area contributed by atoms with E-state index in [1.165, 1.54) is 11.8 Å². The fourth-order valence-electron chi connectivity index (χ4n) is 1.18. The quantitative estimate of drug-likeness (QED) is 0.850. The first kappa shape index (κ1) is 13.7. The zero-order chi connectivity index (χ0) is 12.9. The summed E-state index contributed by atoms with van der Waals surface area (Å²) in [4.78, 5) is 10.5. The number of hydrogen-bond acceptors (Lipinski definition) is 4. The van der Waals surface area contributed by atoms with Crippen LogP contribution >= 0.6 is 24.0 Å². The van der Waals surface area contributed by atoms with Crippen molar-refractivity contribution in [2.75, 3.05) is 0 Å². The number of nitrogens with zero attached hydrogens (tertiary/aromatic N) is 2. The third-order valence-electron chi connectivity index (χ3n) is 2.18. The minimum Gasteiger partial charge on any atom is -0.481 e. The predicted molar refractivity (Wildman–Crippen MR) is 70.9 cm³/mol. The Kier molecular flexibility index (Phi) is 4.73. The van der Waals surface area contributed by atoms with Gasteiger partial charge >= 0.3 is 5.97 Å². The molecule has 0 saturated carbocycles. The second-order valence-corrected chi connectivity index (χ2v) is 5.83. The molecule has 1 rings (SSSR count). The molecule has 0 bridgehead atoms. The standard InChI is InChI=1S/C11H12N2O2S2/c1-11(8-12,5-4-9(14)15)17-10(16)13-6-2-3-7-13/h2-3,6-7H,4-5H2,1H3,(H,14,15). The highest BCUT2D eigenvalue weighted by molar-refractivity contribution is 8.24. The van der Waals surface area contributed by atoms with Gasteiger partial charge in [-0.15, -0.1) is 0 Å². The summed E-state index contributed by atoms with van der Waals surface area (Å²) in [7, 11) is 0. The molecular formula is C11H12N2O2S2. The van der Waals surface area contributed by atoms with E-state index >= 15 is 0 Å². The molecule has 0 radical (unpaired) electrons. The van der Waals surface area contributed by atoms with Gasteiger partial charge in [-0.05, 0) is 25.5 Å². The van der Waals surface area contributed by atoms with E-state index in [2.05, 4.69) is 6.07 Å². The average molecular weight is 268 g/mol. The zero-order valence-electron chi connectivity index (χ0n) is 9.29. The molecule has 1 aromatic heterocycles. The van der Waals surface area contributed by atoms with Gasteiger partial charge in [-0.1, -0.05) is 24.0 Å². The zero-order valence-corrected chi connectivity index (χ0v) is 10.9. The van der Waals surface area contributed by atoms with Crippen LogP contribution in [0.4, 0.5) is 0 Å². The van der Waals surface area contributed by atoms with Crippen molar-refractivity contribution < 1.29 is 9.90 Å². The SMILES string of the molecule is CC(C#N)(CCC(=O)O)SC(=S)n1cccc1. The van der Waals surface area contributed by atoms with Crippen LogP contribution in [0.1, 0.15) is 19.8 Å². The molecule has 0 aromatic carbocycles. The lowest BCUT2D eigenvalue weighted by molar-refractivity contribution is -0.137. The van der Waals surface area contributed by atoms with Crippen LogP contribution in [0.25, 0.3) is 0 Å². The first-order valence-corrected chi connectivity index (χ1v) is 6.19. The van der Waals surface area contributed by atoms with Gasteiger partial charge in [-0.3, -0.25) is 4.79 Å². The van der Waals surface area contributed by atoms with Crippen molar-refractivity contribution in [3.63, 3.8) is 0 Å². The number of nitriles is 1. The second-order valence-electron chi connectivity index (χ2n) is 3.69. The Morgan fingerprint density at radius 2 is 2.18 bits per heavy atom. The van der Waals surface area contributed by atoms with E-state index in [1.807, 2.05) is 12.1 Å². The Bertz CT molecular complexity index is 451. The minimum absolute atomic E-state index is 0.0364. The maximum absolute atomic E-state index is 10.5. The summed E-state index contributed by atoms with van der Waals surface area (Å²) in [6.07, 6.45) is 3.82. The van der Waals surface area contributed by atoms with Gasteiger partial charge in [0, 0.05) is 18.8 Å². The fraction of sp³-hybridized carbons (Fsp3) is 0.364. The largest absolute Gasteiger partial charge is 0.481 e. The molecular weight excluding hydrogens is 256 g/mol. The van der Waals surface area contributed by atoms with Gasteiger partial charge in [0.05, 0.1) is 6.07 Å². The summed E-state index contributed by atoms with van der Waals surface area (Å²) in [6, 6.07) is 5.81. The van der Waals surface area contributed by atoms with Crippen molar-refractivity contribution in [3.8, 4) is 6.07 Å². The van der Waals surface area contributed by atoms with E-state index < -0.39 is 10.7 Å². The van der Waals surface area contributed by atoms with Crippen LogP contribution in [-0.2, 0) is 4.79 Å². The molecule has 0 aliphatic carbocycles. The number of thioether (sulfide) groups is 1. The lowest BCUT2D eigenvalue weighted by atomic mass is 10.1. The van der Waals surface area contributed by atoms with Crippen LogP contribution in [0.2, 0.25) is 0 Å². The average Bonchev–Trinajstić information content (AvgIpc) is 2.80. The molecule has 0 aliphatic rings. The smallest absolute Gasteiger partial charge is 0.303 e. The monoisotopic (exact) mass is 268 g/mol. The van der Waals surface area contributed by atoms with Crippen LogP contribution in [0.15, 0.2) is 24.5 Å². The highest BCUT2D eigenvalue weighted by atomic mass is 32.2. The molecule has 17 heavy (non-hydrogen) atoms. The van der Waals surface area contributed by atoms with E-state index in [1.54, 1.807) is 23.9 Å². The van der Waals surface area contributed by atoms with Gasteiger partial charge in [-0.25, -0.2) is 0 Å². The minimum atomic E-state index is -0.904. The fourth-order valence-corrected chi connectivity index (χ4v) is 2.71. The normalized spacial score (nSPS) is 13.6. The number of rotatable bonds is 4. The maximum atomic E-state index is 10.5. The molecule has 1 unspecified atom stereocenters. The van der Waals surface area contributed by atoms with Gasteiger partial charge in [0.2, 0.25) is 0 Å². The lowest BCUT2D eigenvalue weighted by Gasteiger charge is -2.20. The van der Waals surface area contributed by atoms with Crippen molar-refractivity contribution in [2.45, 2.75) is 24.5 Å². The van der Waals surface area contributed by atoms with Gasteiger partial charge in [0.15, 0.2) is 0 Å². The Labute approximate surface area is 109 Å². The Balaban J connectivity index is 2.66. The molecule has 1 heterocycles. The third-order valence-corrected chi connectivity index (χ3v) is 3.77. The van der Waals surface area contributed by atoms with Crippen molar-refractivity contribution in [1.29, 1.82) is 5.26 Å². The van der Waals surface area contributed by atoms with Crippen LogP contribution in [-0.4, -0.2) is 24.7 Å². The summed E-state index contributed by atoms with van der Waals surface area (Å²) in [5.41, 5.74) is 0. The number of thiocarbonyl (C=S) groups is 1. The van der Waals surface area contributed by atoms with Crippen molar-refractivity contribution in [2.24, 2.45) is 0 Å². The van der Waals surface area contributed by atoms with Gasteiger partial charge in [0.1, 0.15) is 9.07 Å². The molecule has 90 valence electrons. The number of carboxylic acids is 1. The summed E-state index contributed by atoms with van der Waals surface area (Å²) in [5, 5.41) is 17.7.